The number of fused-ring (bicyclic) bond motifs is 1. The van der Waals surface area contributed by atoms with Crippen molar-refractivity contribution in [2.75, 3.05) is 37.5 Å². The Bertz CT molecular complexity index is 1760. The van der Waals surface area contributed by atoms with Crippen LogP contribution in [0.25, 0.3) is 10.9 Å². The molecule has 0 bridgehead atoms. The van der Waals surface area contributed by atoms with Crippen molar-refractivity contribution >= 4 is 32.1 Å². The Balaban J connectivity index is 1.35. The van der Waals surface area contributed by atoms with Crippen LogP contribution in [0.5, 0.6) is 5.75 Å². The second kappa shape index (κ2) is 12.6. The highest BCUT2D eigenvalue weighted by Gasteiger charge is 2.30. The van der Waals surface area contributed by atoms with Gasteiger partial charge in [0.15, 0.2) is 9.84 Å². The molecule has 1 aliphatic rings. The first-order valence-electron chi connectivity index (χ1n) is 13.6. The Kier molecular flexibility index (Phi) is 8.89. The number of hydrogen-bond donors (Lipinski definition) is 2. The highest BCUT2D eigenvalue weighted by molar-refractivity contribution is 7.90. The Hall–Kier alpha value is -4.15. The highest BCUT2D eigenvalue weighted by Crippen LogP contribution is 2.32. The molecule has 0 amide bonds. The van der Waals surface area contributed by atoms with Gasteiger partial charge in [-0.1, -0.05) is 17.1 Å². The van der Waals surface area contributed by atoms with E-state index >= 15 is 0 Å². The van der Waals surface area contributed by atoms with E-state index in [9.17, 15) is 21.6 Å². The molecule has 2 aromatic carbocycles. The van der Waals surface area contributed by atoms with Crippen LogP contribution < -0.4 is 15.4 Å². The number of rotatable bonds is 9. The van der Waals surface area contributed by atoms with Crippen LogP contribution in [0, 0.1) is 18.8 Å². The van der Waals surface area contributed by atoms with Crippen LogP contribution in [-0.4, -0.2) is 57.2 Å². The third-order valence-electron chi connectivity index (χ3n) is 6.99. The first kappa shape index (κ1) is 30.3. The molecule has 2 N–H and O–H groups in total. The first-order chi connectivity index (χ1) is 20.5. The minimum atomic E-state index is -4.44. The molecule has 1 saturated heterocycles. The molecule has 228 valence electrons. The van der Waals surface area contributed by atoms with Gasteiger partial charge in [-0.05, 0) is 56.0 Å². The van der Waals surface area contributed by atoms with Gasteiger partial charge in [-0.15, -0.1) is 0 Å². The third-order valence-corrected chi connectivity index (χ3v) is 8.64. The van der Waals surface area contributed by atoms with E-state index in [4.69, 9.17) is 14.0 Å². The zero-order chi connectivity index (χ0) is 30.6. The van der Waals surface area contributed by atoms with Crippen molar-refractivity contribution < 1.29 is 35.6 Å². The molecule has 0 radical (unpaired) electrons. The summed E-state index contributed by atoms with van der Waals surface area (Å²) in [5.74, 6) is 6.22. The molecule has 9 nitrogen and oxygen atoms in total. The van der Waals surface area contributed by atoms with Gasteiger partial charge in [-0.2, -0.15) is 13.2 Å². The van der Waals surface area contributed by atoms with Crippen molar-refractivity contribution in [2.45, 2.75) is 49.2 Å². The summed E-state index contributed by atoms with van der Waals surface area (Å²) in [5, 5.41) is 10.9. The summed E-state index contributed by atoms with van der Waals surface area (Å²) in [4.78, 5) is 0.0449. The van der Waals surface area contributed by atoms with Gasteiger partial charge in [0.1, 0.15) is 23.8 Å². The average molecular weight is 617 g/mol. The molecule has 0 aliphatic carbocycles. The van der Waals surface area contributed by atoms with E-state index in [0.717, 1.165) is 18.5 Å². The number of alkyl halides is 3. The van der Waals surface area contributed by atoms with E-state index in [-0.39, 0.29) is 34.7 Å². The molecule has 1 fully saturated rings. The van der Waals surface area contributed by atoms with Gasteiger partial charge in [0, 0.05) is 42.5 Å². The maximum Gasteiger partial charge on any atom is 0.406 e. The normalized spacial score (nSPS) is 14.3. The van der Waals surface area contributed by atoms with Gasteiger partial charge < -0.3 is 29.2 Å². The SMILES string of the molecule is COc1cc(S(=O)(=O)Cc2cc(C)on2)ccc1NCC#Cc1cc2c(NC3CCOCC3)cccc2n1CC(F)(F)F. The molecule has 0 atom stereocenters. The van der Waals surface area contributed by atoms with Gasteiger partial charge >= 0.3 is 6.18 Å². The van der Waals surface area contributed by atoms with E-state index in [1.165, 1.54) is 23.8 Å². The predicted molar refractivity (Wildman–Crippen MR) is 156 cm³/mol. The zero-order valence-electron chi connectivity index (χ0n) is 23.6. The van der Waals surface area contributed by atoms with Crippen LogP contribution in [0.15, 0.2) is 57.9 Å². The summed E-state index contributed by atoms with van der Waals surface area (Å²) in [7, 11) is -2.31. The fourth-order valence-electron chi connectivity index (χ4n) is 4.97. The second-order valence-electron chi connectivity index (χ2n) is 10.2. The summed E-state index contributed by atoms with van der Waals surface area (Å²) in [6.07, 6.45) is -2.81. The molecule has 13 heteroatoms. The number of aryl methyl sites for hydroxylation is 1. The number of methoxy groups -OCH3 is 1. The van der Waals surface area contributed by atoms with Crippen LogP contribution in [0.2, 0.25) is 0 Å². The van der Waals surface area contributed by atoms with Gasteiger partial charge in [-0.25, -0.2) is 8.42 Å². The third kappa shape index (κ3) is 7.44. The lowest BCUT2D eigenvalue weighted by Crippen LogP contribution is -2.27. The molecule has 4 aromatic rings. The number of sulfone groups is 1. The molecule has 0 spiro atoms. The minimum Gasteiger partial charge on any atom is -0.495 e. The lowest BCUT2D eigenvalue weighted by atomic mass is 10.1. The number of nitrogens with zero attached hydrogens (tertiary/aromatic N) is 2. The predicted octanol–water partition coefficient (Wildman–Crippen LogP) is 5.54. The standard InChI is InChI=1S/C30H31F3N4O5S/c1-20-15-22(36-42-20)18-43(38,39)24-8-9-27(29(17-24)40-2)34-12-4-5-23-16-25-26(35-21-10-13-41-14-11-21)6-3-7-28(25)37(23)19-30(31,32)33/h3,6-9,15-17,21,34-35H,10-14,18-19H2,1-2H3. The van der Waals surface area contributed by atoms with Gasteiger partial charge in [-0.3, -0.25) is 0 Å². The lowest BCUT2D eigenvalue weighted by molar-refractivity contribution is -0.140. The fraction of sp³-hybridized carbons (Fsp3) is 0.367. The number of benzene rings is 2. The van der Waals surface area contributed by atoms with Gasteiger partial charge in [0.2, 0.25) is 0 Å². The molecule has 0 unspecified atom stereocenters. The Morgan fingerprint density at radius 2 is 1.91 bits per heavy atom. The summed E-state index contributed by atoms with van der Waals surface area (Å²) in [5.41, 5.74) is 2.19. The van der Waals surface area contributed by atoms with E-state index in [2.05, 4.69) is 27.6 Å². The van der Waals surface area contributed by atoms with E-state index in [1.54, 1.807) is 37.3 Å². The highest BCUT2D eigenvalue weighted by atomic mass is 32.2. The maximum absolute atomic E-state index is 13.6. The minimum absolute atomic E-state index is 0.0449. The summed E-state index contributed by atoms with van der Waals surface area (Å²) < 4.78 is 83.4. The van der Waals surface area contributed by atoms with E-state index < -0.39 is 22.6 Å². The number of nitrogens with one attached hydrogen (secondary N) is 2. The molecule has 43 heavy (non-hydrogen) atoms. The Morgan fingerprint density at radius 1 is 1.12 bits per heavy atom. The average Bonchev–Trinajstić information content (AvgIpc) is 3.53. The Labute approximate surface area is 247 Å². The quantitative estimate of drug-likeness (QED) is 0.236. The number of aromatic nitrogens is 2. The molecule has 5 rings (SSSR count). The van der Waals surface area contributed by atoms with Crippen LogP contribution in [0.3, 0.4) is 0 Å². The largest absolute Gasteiger partial charge is 0.495 e. The van der Waals surface area contributed by atoms with Crippen LogP contribution in [-0.2, 0) is 26.9 Å². The topological polar surface area (TPSA) is 108 Å². The number of hydrogen-bond acceptors (Lipinski definition) is 8. The first-order valence-corrected chi connectivity index (χ1v) is 15.3. The van der Waals surface area contributed by atoms with Crippen LogP contribution >= 0.6 is 0 Å². The van der Waals surface area contributed by atoms with Crippen molar-refractivity contribution in [3.63, 3.8) is 0 Å². The van der Waals surface area contributed by atoms with E-state index in [1.807, 2.05) is 6.07 Å². The van der Waals surface area contributed by atoms with Crippen molar-refractivity contribution in [2.24, 2.45) is 0 Å². The van der Waals surface area contributed by atoms with E-state index in [0.29, 0.717) is 41.3 Å². The van der Waals surface area contributed by atoms with Crippen molar-refractivity contribution in [1.82, 2.24) is 9.72 Å². The molecule has 3 heterocycles. The van der Waals surface area contributed by atoms with Crippen LogP contribution in [0.4, 0.5) is 24.5 Å². The maximum atomic E-state index is 13.6. The molecule has 1 aliphatic heterocycles. The summed E-state index contributed by atoms with van der Waals surface area (Å²) in [6.45, 7) is 1.85. The summed E-state index contributed by atoms with van der Waals surface area (Å²) in [6, 6.07) is 13.0. The fourth-order valence-corrected chi connectivity index (χ4v) is 6.23. The smallest absolute Gasteiger partial charge is 0.406 e. The molecule has 0 saturated carbocycles. The van der Waals surface area contributed by atoms with Crippen molar-refractivity contribution in [1.29, 1.82) is 0 Å². The Morgan fingerprint density at radius 3 is 2.60 bits per heavy atom. The number of ether oxygens (including phenoxy) is 2. The van der Waals surface area contributed by atoms with Crippen molar-refractivity contribution in [3.8, 4) is 17.6 Å². The molecular weight excluding hydrogens is 585 g/mol. The lowest BCUT2D eigenvalue weighted by Gasteiger charge is -2.24. The van der Waals surface area contributed by atoms with Gasteiger partial charge in [0.25, 0.3) is 0 Å². The zero-order valence-corrected chi connectivity index (χ0v) is 24.4. The number of anilines is 2. The monoisotopic (exact) mass is 616 g/mol. The summed E-state index contributed by atoms with van der Waals surface area (Å²) >= 11 is 0. The number of halogens is 3. The molecule has 2 aromatic heterocycles. The molecular formula is C30H31F3N4O5S. The second-order valence-corrected chi connectivity index (χ2v) is 12.2. The van der Waals surface area contributed by atoms with Gasteiger partial charge in [0.05, 0.1) is 41.1 Å². The van der Waals surface area contributed by atoms with Crippen molar-refractivity contribution in [3.05, 3.63) is 65.7 Å². The van der Waals surface area contributed by atoms with Crippen LogP contribution in [0.1, 0.15) is 30.0 Å².